The number of nitrogens with zero attached hydrogens (tertiary/aromatic N) is 2. The fourth-order valence-corrected chi connectivity index (χ4v) is 4.90. The van der Waals surface area contributed by atoms with E-state index in [4.69, 9.17) is 5.73 Å². The fraction of sp³-hybridized carbons (Fsp3) is 0.500. The molecule has 0 bridgehead atoms. The summed E-state index contributed by atoms with van der Waals surface area (Å²) in [4.78, 5) is 24.1. The molecule has 0 aromatic carbocycles. The van der Waals surface area contributed by atoms with Crippen molar-refractivity contribution in [2.75, 3.05) is 27.2 Å². The summed E-state index contributed by atoms with van der Waals surface area (Å²) >= 11 is 0.964. The van der Waals surface area contributed by atoms with Gasteiger partial charge in [0.2, 0.25) is 11.8 Å². The Balaban J connectivity index is 2.11. The molecule has 1 atom stereocenters. The molecule has 0 radical (unpaired) electrons. The Morgan fingerprint density at radius 2 is 2.24 bits per heavy atom. The highest BCUT2D eigenvalue weighted by Crippen LogP contribution is 2.25. The second-order valence-corrected chi connectivity index (χ2v) is 8.33. The minimum atomic E-state index is -3.66. The number of likely N-dealkylation sites (tertiary alicyclic amines) is 1. The van der Waals surface area contributed by atoms with E-state index in [-0.39, 0.29) is 28.1 Å². The molecule has 2 N–H and O–H groups in total. The van der Waals surface area contributed by atoms with Gasteiger partial charge in [-0.05, 0) is 12.0 Å². The number of carbonyl (C=O) groups excluding carboxylic acids is 2. The number of hydrogen-bond donors (Lipinski definition) is 1. The normalized spacial score (nSPS) is 19.5. The average molecular weight is 331 g/mol. The van der Waals surface area contributed by atoms with Crippen LogP contribution in [0.15, 0.2) is 15.7 Å². The first-order valence-corrected chi connectivity index (χ1v) is 8.62. The first-order chi connectivity index (χ1) is 9.71. The first kappa shape index (κ1) is 15.9. The maximum Gasteiger partial charge on any atom is 0.252 e. The Labute approximate surface area is 127 Å². The molecule has 1 aromatic rings. The second-order valence-electron chi connectivity index (χ2n) is 5.15. The third-order valence-electron chi connectivity index (χ3n) is 3.46. The predicted molar refractivity (Wildman–Crippen MR) is 78.4 cm³/mol. The molecule has 0 spiro atoms. The van der Waals surface area contributed by atoms with E-state index in [2.05, 4.69) is 0 Å². The number of sulfonamides is 1. The van der Waals surface area contributed by atoms with Crippen molar-refractivity contribution in [2.45, 2.75) is 10.6 Å². The van der Waals surface area contributed by atoms with Crippen LogP contribution in [0.25, 0.3) is 0 Å². The van der Waals surface area contributed by atoms with Crippen molar-refractivity contribution in [3.05, 3.63) is 17.0 Å². The second kappa shape index (κ2) is 5.74. The quantitative estimate of drug-likeness (QED) is 0.817. The molecule has 2 rings (SSSR count). The van der Waals surface area contributed by atoms with Crippen LogP contribution in [0.3, 0.4) is 0 Å². The fourth-order valence-electron chi connectivity index (χ4n) is 2.28. The summed E-state index contributed by atoms with van der Waals surface area (Å²) in [5, 5.41) is 1.43. The molecule has 1 aliphatic rings. The minimum Gasteiger partial charge on any atom is -0.366 e. The highest BCUT2D eigenvalue weighted by Gasteiger charge is 2.31. The summed E-state index contributed by atoms with van der Waals surface area (Å²) in [6.45, 7) is 0.817. The summed E-state index contributed by atoms with van der Waals surface area (Å²) < 4.78 is 26.1. The topological polar surface area (TPSA) is 101 Å². The Hall–Kier alpha value is -1.45. The van der Waals surface area contributed by atoms with E-state index < -0.39 is 15.9 Å². The molecule has 0 aliphatic carbocycles. The van der Waals surface area contributed by atoms with Crippen LogP contribution in [0.4, 0.5) is 0 Å². The van der Waals surface area contributed by atoms with Crippen LogP contribution >= 0.6 is 11.3 Å². The zero-order chi connectivity index (χ0) is 15.8. The van der Waals surface area contributed by atoms with Crippen molar-refractivity contribution >= 4 is 33.2 Å². The molecule has 116 valence electrons. The maximum absolute atomic E-state index is 12.4. The van der Waals surface area contributed by atoms with Crippen LogP contribution in [0.5, 0.6) is 0 Å². The highest BCUT2D eigenvalue weighted by molar-refractivity contribution is 7.91. The number of rotatable bonds is 5. The number of primary amides is 1. The van der Waals surface area contributed by atoms with Crippen LogP contribution in [-0.4, -0.2) is 56.6 Å². The lowest BCUT2D eigenvalue weighted by atomic mass is 10.1. The van der Waals surface area contributed by atoms with Crippen LogP contribution < -0.4 is 5.73 Å². The third-order valence-corrected chi connectivity index (χ3v) is 6.70. The first-order valence-electron chi connectivity index (χ1n) is 6.30. The number of amides is 2. The molecular weight excluding hydrogens is 314 g/mol. The molecule has 1 aromatic heterocycles. The van der Waals surface area contributed by atoms with Crippen LogP contribution in [-0.2, 0) is 14.8 Å². The Kier molecular flexibility index (Phi) is 4.35. The van der Waals surface area contributed by atoms with E-state index in [0.29, 0.717) is 13.0 Å². The molecular formula is C12H17N3O4S2. The standard InChI is InChI=1S/C12H17N3O4S2/c1-14-5-8(3-10(14)16)6-15(2)21(18,19)11-4-9(7-20-11)12(13)17/h4,7-8H,3,5-6H2,1-2H3,(H2,13,17). The van der Waals surface area contributed by atoms with E-state index in [0.717, 1.165) is 11.3 Å². The minimum absolute atomic E-state index is 0.0159. The van der Waals surface area contributed by atoms with Crippen LogP contribution in [0.2, 0.25) is 0 Å². The molecule has 7 nitrogen and oxygen atoms in total. The van der Waals surface area contributed by atoms with E-state index in [1.807, 2.05) is 0 Å². The summed E-state index contributed by atoms with van der Waals surface area (Å²) in [6.07, 6.45) is 0.355. The lowest BCUT2D eigenvalue weighted by Crippen LogP contribution is -2.32. The molecule has 0 saturated carbocycles. The van der Waals surface area contributed by atoms with Crippen molar-refractivity contribution < 1.29 is 18.0 Å². The van der Waals surface area contributed by atoms with Crippen LogP contribution in [0, 0.1) is 5.92 Å². The Morgan fingerprint density at radius 1 is 1.57 bits per heavy atom. The highest BCUT2D eigenvalue weighted by atomic mass is 32.2. The van der Waals surface area contributed by atoms with E-state index >= 15 is 0 Å². The Morgan fingerprint density at radius 3 is 2.71 bits per heavy atom. The van der Waals surface area contributed by atoms with Gasteiger partial charge in [-0.1, -0.05) is 0 Å². The summed E-state index contributed by atoms with van der Waals surface area (Å²) in [6, 6.07) is 1.28. The maximum atomic E-state index is 12.4. The van der Waals surface area contributed by atoms with Crippen molar-refractivity contribution in [2.24, 2.45) is 11.7 Å². The van der Waals surface area contributed by atoms with Gasteiger partial charge in [0, 0.05) is 39.0 Å². The van der Waals surface area contributed by atoms with Gasteiger partial charge in [-0.15, -0.1) is 11.3 Å². The lowest BCUT2D eigenvalue weighted by molar-refractivity contribution is -0.126. The largest absolute Gasteiger partial charge is 0.366 e. The van der Waals surface area contributed by atoms with Gasteiger partial charge in [0.15, 0.2) is 0 Å². The van der Waals surface area contributed by atoms with Crippen LogP contribution in [0.1, 0.15) is 16.8 Å². The summed E-state index contributed by atoms with van der Waals surface area (Å²) in [5.41, 5.74) is 5.31. The Bertz CT molecular complexity index is 668. The van der Waals surface area contributed by atoms with Gasteiger partial charge in [-0.2, -0.15) is 4.31 Å². The molecule has 1 fully saturated rings. The van der Waals surface area contributed by atoms with Gasteiger partial charge in [0.25, 0.3) is 10.0 Å². The van der Waals surface area contributed by atoms with Gasteiger partial charge in [0.05, 0.1) is 5.56 Å². The third kappa shape index (κ3) is 3.25. The van der Waals surface area contributed by atoms with Crippen molar-refractivity contribution in [1.29, 1.82) is 0 Å². The molecule has 2 heterocycles. The average Bonchev–Trinajstić information content (AvgIpc) is 2.98. The predicted octanol–water partition coefficient (Wildman–Crippen LogP) is -0.0542. The van der Waals surface area contributed by atoms with Gasteiger partial charge in [-0.3, -0.25) is 9.59 Å². The van der Waals surface area contributed by atoms with Gasteiger partial charge in [-0.25, -0.2) is 8.42 Å². The summed E-state index contributed by atoms with van der Waals surface area (Å²) in [5.74, 6) is -0.644. The number of carbonyl (C=O) groups is 2. The molecule has 21 heavy (non-hydrogen) atoms. The summed E-state index contributed by atoms with van der Waals surface area (Å²) in [7, 11) is -0.482. The van der Waals surface area contributed by atoms with Gasteiger partial charge < -0.3 is 10.6 Å². The zero-order valence-corrected chi connectivity index (χ0v) is 13.4. The smallest absolute Gasteiger partial charge is 0.252 e. The molecule has 1 unspecified atom stereocenters. The van der Waals surface area contributed by atoms with Crippen molar-refractivity contribution in [1.82, 2.24) is 9.21 Å². The number of thiophene rings is 1. The van der Waals surface area contributed by atoms with E-state index in [9.17, 15) is 18.0 Å². The molecule has 1 saturated heterocycles. The van der Waals surface area contributed by atoms with E-state index in [1.165, 1.54) is 22.8 Å². The van der Waals surface area contributed by atoms with Gasteiger partial charge in [0.1, 0.15) is 4.21 Å². The lowest BCUT2D eigenvalue weighted by Gasteiger charge is -2.19. The van der Waals surface area contributed by atoms with Crippen molar-refractivity contribution in [3.63, 3.8) is 0 Å². The number of hydrogen-bond acceptors (Lipinski definition) is 5. The monoisotopic (exact) mass is 331 g/mol. The zero-order valence-electron chi connectivity index (χ0n) is 11.8. The molecule has 2 amide bonds. The molecule has 9 heteroatoms. The van der Waals surface area contributed by atoms with Gasteiger partial charge >= 0.3 is 0 Å². The van der Waals surface area contributed by atoms with Crippen molar-refractivity contribution in [3.8, 4) is 0 Å². The van der Waals surface area contributed by atoms with E-state index in [1.54, 1.807) is 11.9 Å². The molecule has 1 aliphatic heterocycles. The SMILES string of the molecule is CN1CC(CN(C)S(=O)(=O)c2cc(C(N)=O)cs2)CC1=O. The number of nitrogens with two attached hydrogens (primary N) is 1.